The Morgan fingerprint density at radius 2 is 2.11 bits per heavy atom. The highest BCUT2D eigenvalue weighted by molar-refractivity contribution is 7.86. The summed E-state index contributed by atoms with van der Waals surface area (Å²) in [6, 6.07) is 6.57. The van der Waals surface area contributed by atoms with Gasteiger partial charge in [0.15, 0.2) is 0 Å². The second-order valence-corrected chi connectivity index (χ2v) is 5.94. The Morgan fingerprint density at radius 1 is 1.50 bits per heavy atom. The van der Waals surface area contributed by atoms with Crippen molar-refractivity contribution in [3.63, 3.8) is 0 Å². The Hall–Kier alpha value is -1.17. The number of hydrogen-bond acceptors (Lipinski definition) is 4. The molecule has 1 aliphatic heterocycles. The molecule has 98 valence electrons. The lowest BCUT2D eigenvalue weighted by Gasteiger charge is -2.10. The van der Waals surface area contributed by atoms with E-state index in [1.807, 2.05) is 6.92 Å². The standard InChI is InChI=1S/C13H16O4S/c1-3-11(13-9-16-13)8-17-18(14,15)12-6-4-10(2)5-7-12/h3-7,11,13H,1,8-9H2,2H3. The highest BCUT2D eigenvalue weighted by Crippen LogP contribution is 2.23. The van der Waals surface area contributed by atoms with E-state index in [1.165, 1.54) is 0 Å². The zero-order valence-corrected chi connectivity index (χ0v) is 11.0. The third-order valence-electron chi connectivity index (χ3n) is 2.86. The third-order valence-corrected chi connectivity index (χ3v) is 4.16. The van der Waals surface area contributed by atoms with Gasteiger partial charge in [0.25, 0.3) is 10.1 Å². The van der Waals surface area contributed by atoms with Gasteiger partial charge < -0.3 is 4.74 Å². The molecule has 5 heteroatoms. The summed E-state index contributed by atoms with van der Waals surface area (Å²) >= 11 is 0. The molecule has 1 heterocycles. The van der Waals surface area contributed by atoms with Crippen molar-refractivity contribution in [2.24, 2.45) is 5.92 Å². The summed E-state index contributed by atoms with van der Waals surface area (Å²) in [4.78, 5) is 0.174. The smallest absolute Gasteiger partial charge is 0.296 e. The number of aryl methyl sites for hydroxylation is 1. The molecule has 1 saturated heterocycles. The maximum absolute atomic E-state index is 11.9. The van der Waals surface area contributed by atoms with E-state index in [0.29, 0.717) is 6.61 Å². The van der Waals surface area contributed by atoms with E-state index in [0.717, 1.165) is 5.56 Å². The van der Waals surface area contributed by atoms with Gasteiger partial charge in [-0.05, 0) is 19.1 Å². The van der Waals surface area contributed by atoms with Gasteiger partial charge in [0.1, 0.15) is 0 Å². The zero-order chi connectivity index (χ0) is 13.2. The van der Waals surface area contributed by atoms with Crippen LogP contribution in [0, 0.1) is 12.8 Å². The predicted molar refractivity (Wildman–Crippen MR) is 67.7 cm³/mol. The monoisotopic (exact) mass is 268 g/mol. The molecule has 1 fully saturated rings. The van der Waals surface area contributed by atoms with Gasteiger partial charge in [-0.25, -0.2) is 0 Å². The summed E-state index contributed by atoms with van der Waals surface area (Å²) in [6.45, 7) is 6.27. The molecule has 0 aromatic heterocycles. The van der Waals surface area contributed by atoms with Gasteiger partial charge in [0.05, 0.1) is 24.2 Å². The molecule has 1 aromatic rings. The Balaban J connectivity index is 2.02. The van der Waals surface area contributed by atoms with Crippen molar-refractivity contribution in [3.05, 3.63) is 42.5 Å². The summed E-state index contributed by atoms with van der Waals surface area (Å²) in [7, 11) is -3.69. The van der Waals surface area contributed by atoms with Crippen molar-refractivity contribution in [2.45, 2.75) is 17.9 Å². The lowest BCUT2D eigenvalue weighted by atomic mass is 10.1. The second kappa shape index (κ2) is 5.22. The molecule has 0 saturated carbocycles. The molecule has 2 atom stereocenters. The molecule has 1 aliphatic rings. The first kappa shape index (κ1) is 13.3. The fraction of sp³-hybridized carbons (Fsp3) is 0.385. The molecule has 0 spiro atoms. The molecular formula is C13H16O4S. The lowest BCUT2D eigenvalue weighted by molar-refractivity contribution is 0.245. The van der Waals surface area contributed by atoms with Crippen LogP contribution in [0.3, 0.4) is 0 Å². The van der Waals surface area contributed by atoms with Crippen molar-refractivity contribution in [2.75, 3.05) is 13.2 Å². The van der Waals surface area contributed by atoms with Crippen LogP contribution in [0.15, 0.2) is 41.8 Å². The first-order valence-corrected chi connectivity index (χ1v) is 7.14. The zero-order valence-electron chi connectivity index (χ0n) is 10.2. The van der Waals surface area contributed by atoms with Crippen LogP contribution in [-0.4, -0.2) is 27.7 Å². The first-order chi connectivity index (χ1) is 8.53. The van der Waals surface area contributed by atoms with Crippen LogP contribution in [0.25, 0.3) is 0 Å². The van der Waals surface area contributed by atoms with E-state index in [4.69, 9.17) is 8.92 Å². The Labute approximate surface area is 107 Å². The molecule has 18 heavy (non-hydrogen) atoms. The molecular weight excluding hydrogens is 252 g/mol. The summed E-state index contributed by atoms with van der Waals surface area (Å²) < 4.78 is 34.0. The minimum atomic E-state index is -3.69. The lowest BCUT2D eigenvalue weighted by Crippen LogP contribution is -2.17. The molecule has 0 amide bonds. The maximum Gasteiger partial charge on any atom is 0.296 e. The van der Waals surface area contributed by atoms with Crippen LogP contribution in [-0.2, 0) is 19.0 Å². The number of hydrogen-bond donors (Lipinski definition) is 0. The number of benzene rings is 1. The maximum atomic E-state index is 11.9. The minimum Gasteiger partial charge on any atom is -0.372 e. The Kier molecular flexibility index (Phi) is 3.85. The quantitative estimate of drug-likeness (QED) is 0.449. The predicted octanol–water partition coefficient (Wildman–Crippen LogP) is 1.90. The fourth-order valence-corrected chi connectivity index (χ4v) is 2.51. The topological polar surface area (TPSA) is 55.9 Å². The van der Waals surface area contributed by atoms with Crippen LogP contribution in [0.2, 0.25) is 0 Å². The average Bonchev–Trinajstić information content (AvgIpc) is 3.15. The van der Waals surface area contributed by atoms with Crippen molar-refractivity contribution in [1.29, 1.82) is 0 Å². The molecule has 0 radical (unpaired) electrons. The van der Waals surface area contributed by atoms with Gasteiger partial charge >= 0.3 is 0 Å². The van der Waals surface area contributed by atoms with Gasteiger partial charge in [-0.15, -0.1) is 6.58 Å². The van der Waals surface area contributed by atoms with Crippen molar-refractivity contribution >= 4 is 10.1 Å². The van der Waals surface area contributed by atoms with Gasteiger partial charge in [-0.1, -0.05) is 23.8 Å². The molecule has 1 aromatic carbocycles. The van der Waals surface area contributed by atoms with Crippen LogP contribution in [0.4, 0.5) is 0 Å². The van der Waals surface area contributed by atoms with E-state index in [-0.39, 0.29) is 23.5 Å². The van der Waals surface area contributed by atoms with E-state index in [1.54, 1.807) is 30.3 Å². The molecule has 4 nitrogen and oxygen atoms in total. The summed E-state index contributed by atoms with van der Waals surface area (Å²) in [6.07, 6.45) is 1.72. The molecule has 0 bridgehead atoms. The number of rotatable bonds is 6. The number of ether oxygens (including phenoxy) is 1. The summed E-state index contributed by atoms with van der Waals surface area (Å²) in [5.74, 6) is -0.0785. The summed E-state index contributed by atoms with van der Waals surface area (Å²) in [5.41, 5.74) is 1.00. The molecule has 2 rings (SSSR count). The fourth-order valence-electron chi connectivity index (χ4n) is 1.57. The van der Waals surface area contributed by atoms with Crippen molar-refractivity contribution in [3.8, 4) is 0 Å². The summed E-state index contributed by atoms with van der Waals surface area (Å²) in [5, 5.41) is 0. The van der Waals surface area contributed by atoms with Gasteiger partial charge in [-0.3, -0.25) is 4.18 Å². The normalized spacial score (nSPS) is 20.4. The molecule has 0 N–H and O–H groups in total. The molecule has 0 aliphatic carbocycles. The van der Waals surface area contributed by atoms with Crippen LogP contribution < -0.4 is 0 Å². The second-order valence-electron chi connectivity index (χ2n) is 4.32. The van der Waals surface area contributed by atoms with Crippen molar-refractivity contribution in [1.82, 2.24) is 0 Å². The third kappa shape index (κ3) is 3.19. The highest BCUT2D eigenvalue weighted by Gasteiger charge is 2.32. The Morgan fingerprint density at radius 3 is 2.61 bits per heavy atom. The van der Waals surface area contributed by atoms with Gasteiger partial charge in [0, 0.05) is 5.92 Å². The highest BCUT2D eigenvalue weighted by atomic mass is 32.2. The minimum absolute atomic E-state index is 0.0516. The Bertz CT molecular complexity index is 514. The number of epoxide rings is 1. The van der Waals surface area contributed by atoms with Gasteiger partial charge in [0.2, 0.25) is 0 Å². The SMILES string of the molecule is C=CC(COS(=O)(=O)c1ccc(C)cc1)C1CO1. The average molecular weight is 268 g/mol. The van der Waals surface area contributed by atoms with Crippen LogP contribution >= 0.6 is 0 Å². The van der Waals surface area contributed by atoms with E-state index in [9.17, 15) is 8.42 Å². The van der Waals surface area contributed by atoms with Crippen molar-refractivity contribution < 1.29 is 17.3 Å². The largest absolute Gasteiger partial charge is 0.372 e. The van der Waals surface area contributed by atoms with E-state index >= 15 is 0 Å². The van der Waals surface area contributed by atoms with E-state index < -0.39 is 10.1 Å². The van der Waals surface area contributed by atoms with Crippen LogP contribution in [0.5, 0.6) is 0 Å². The van der Waals surface area contributed by atoms with Crippen LogP contribution in [0.1, 0.15) is 5.56 Å². The van der Waals surface area contributed by atoms with Gasteiger partial charge in [-0.2, -0.15) is 8.42 Å². The first-order valence-electron chi connectivity index (χ1n) is 5.73. The molecule has 2 unspecified atom stereocenters. The van der Waals surface area contributed by atoms with E-state index in [2.05, 4.69) is 6.58 Å².